The average Bonchev–Trinajstić information content (AvgIpc) is 2.62. The highest BCUT2D eigenvalue weighted by molar-refractivity contribution is 8.15. The molecular formula is C16H21NOS. The zero-order chi connectivity index (χ0) is 13.5. The van der Waals surface area contributed by atoms with E-state index in [4.69, 9.17) is 0 Å². The Kier molecular flexibility index (Phi) is 3.34. The Labute approximate surface area is 119 Å². The van der Waals surface area contributed by atoms with Crippen molar-refractivity contribution in [2.24, 2.45) is 0 Å². The maximum absolute atomic E-state index is 12.2. The third-order valence-electron chi connectivity index (χ3n) is 4.37. The van der Waals surface area contributed by atoms with Gasteiger partial charge in [-0.15, -0.1) is 0 Å². The zero-order valence-electron chi connectivity index (χ0n) is 11.7. The van der Waals surface area contributed by atoms with E-state index in [9.17, 15) is 4.79 Å². The van der Waals surface area contributed by atoms with Crippen LogP contribution in [0.15, 0.2) is 24.3 Å². The molecule has 0 aromatic heterocycles. The third-order valence-corrected chi connectivity index (χ3v) is 5.90. The molecule has 2 fully saturated rings. The normalized spacial score (nSPS) is 26.1. The highest BCUT2D eigenvalue weighted by Crippen LogP contribution is 2.51. The number of nitrogens with zero attached hydrogens (tertiary/aromatic N) is 1. The van der Waals surface area contributed by atoms with Gasteiger partial charge in [-0.25, -0.2) is 0 Å². The fourth-order valence-corrected chi connectivity index (χ4v) is 4.97. The molecule has 1 heterocycles. The van der Waals surface area contributed by atoms with E-state index in [-0.39, 0.29) is 10.9 Å². The molecule has 0 amide bonds. The summed E-state index contributed by atoms with van der Waals surface area (Å²) in [6.45, 7) is 4.17. The van der Waals surface area contributed by atoms with Crippen LogP contribution in [0.25, 0.3) is 0 Å². The largest absolute Gasteiger partial charge is 0.346 e. The van der Waals surface area contributed by atoms with Crippen LogP contribution in [0.2, 0.25) is 0 Å². The summed E-state index contributed by atoms with van der Waals surface area (Å²) in [5, 5.41) is 0.336. The Hall–Kier alpha value is -0.960. The molecule has 1 aliphatic heterocycles. The molecule has 0 N–H and O–H groups in total. The number of carbonyl (C=O) groups excluding carboxylic acids is 1. The van der Waals surface area contributed by atoms with E-state index in [1.807, 2.05) is 0 Å². The van der Waals surface area contributed by atoms with Crippen LogP contribution in [0.1, 0.15) is 44.6 Å². The first kappa shape index (κ1) is 13.0. The van der Waals surface area contributed by atoms with E-state index in [1.54, 1.807) is 11.8 Å². The number of carbonyl (C=O) groups is 1. The van der Waals surface area contributed by atoms with Gasteiger partial charge in [0.15, 0.2) is 0 Å². The first-order valence-electron chi connectivity index (χ1n) is 7.21. The molecule has 19 heavy (non-hydrogen) atoms. The molecular weight excluding hydrogens is 254 g/mol. The summed E-state index contributed by atoms with van der Waals surface area (Å²) in [7, 11) is 0. The molecule has 2 aliphatic rings. The lowest BCUT2D eigenvalue weighted by molar-refractivity contribution is -0.111. The average molecular weight is 275 g/mol. The van der Waals surface area contributed by atoms with Gasteiger partial charge in [-0.1, -0.05) is 43.2 Å². The maximum atomic E-state index is 12.2. The fraction of sp³-hybridized carbons (Fsp3) is 0.562. The SMILES string of the molecule is Cc1cccc(N2[C@H](C)C(=O)SC23CCCCC3)c1. The minimum atomic E-state index is 0.00454. The molecule has 2 nitrogen and oxygen atoms in total. The number of hydrogen-bond donors (Lipinski definition) is 0. The van der Waals surface area contributed by atoms with Crippen molar-refractivity contribution < 1.29 is 4.79 Å². The molecule has 3 rings (SSSR count). The lowest BCUT2D eigenvalue weighted by atomic mass is 9.92. The second-order valence-electron chi connectivity index (χ2n) is 5.81. The van der Waals surface area contributed by atoms with Gasteiger partial charge >= 0.3 is 0 Å². The molecule has 1 saturated carbocycles. The van der Waals surface area contributed by atoms with E-state index < -0.39 is 0 Å². The molecule has 102 valence electrons. The number of thioether (sulfide) groups is 1. The zero-order valence-corrected chi connectivity index (χ0v) is 12.5. The van der Waals surface area contributed by atoms with Crippen molar-refractivity contribution >= 4 is 22.6 Å². The molecule has 0 bridgehead atoms. The molecule has 1 spiro atoms. The topological polar surface area (TPSA) is 20.3 Å². The van der Waals surface area contributed by atoms with Crippen LogP contribution in [0.4, 0.5) is 5.69 Å². The third kappa shape index (κ3) is 2.18. The molecule has 0 radical (unpaired) electrons. The van der Waals surface area contributed by atoms with Gasteiger partial charge in [0, 0.05) is 5.69 Å². The van der Waals surface area contributed by atoms with Gasteiger partial charge in [-0.2, -0.15) is 0 Å². The number of hydrogen-bond acceptors (Lipinski definition) is 3. The minimum absolute atomic E-state index is 0.00454. The van der Waals surface area contributed by atoms with Crippen molar-refractivity contribution in [2.75, 3.05) is 4.90 Å². The first-order valence-corrected chi connectivity index (χ1v) is 8.03. The second-order valence-corrected chi connectivity index (χ2v) is 7.18. The van der Waals surface area contributed by atoms with Crippen LogP contribution < -0.4 is 4.90 Å². The van der Waals surface area contributed by atoms with Gasteiger partial charge in [0.25, 0.3) is 0 Å². The standard InChI is InChI=1S/C16H21NOS/c1-12-7-6-8-14(11-12)17-13(2)15(18)19-16(17)9-4-3-5-10-16/h6-8,11,13H,3-5,9-10H2,1-2H3/t13-/m1/s1. The molecule has 1 saturated heterocycles. The van der Waals surface area contributed by atoms with E-state index in [0.717, 1.165) is 12.8 Å². The van der Waals surface area contributed by atoms with Crippen LogP contribution >= 0.6 is 11.8 Å². The predicted octanol–water partition coefficient (Wildman–Crippen LogP) is 4.12. The smallest absolute Gasteiger partial charge is 0.213 e. The summed E-state index contributed by atoms with van der Waals surface area (Å²) in [5.41, 5.74) is 2.48. The number of aryl methyl sites for hydroxylation is 1. The molecule has 3 heteroatoms. The van der Waals surface area contributed by atoms with Crippen molar-refractivity contribution in [3.05, 3.63) is 29.8 Å². The van der Waals surface area contributed by atoms with Gasteiger partial charge in [0.2, 0.25) is 5.12 Å². The summed E-state index contributed by atoms with van der Waals surface area (Å²) >= 11 is 1.59. The lowest BCUT2D eigenvalue weighted by Gasteiger charge is -2.42. The molecule has 1 aliphatic carbocycles. The Bertz CT molecular complexity index is 493. The molecule has 1 aromatic carbocycles. The first-order chi connectivity index (χ1) is 9.12. The lowest BCUT2D eigenvalue weighted by Crippen LogP contribution is -2.47. The number of anilines is 1. The van der Waals surface area contributed by atoms with E-state index in [1.165, 1.54) is 30.5 Å². The molecule has 1 aromatic rings. The van der Waals surface area contributed by atoms with Crippen LogP contribution in [0, 0.1) is 6.92 Å². The van der Waals surface area contributed by atoms with Crippen molar-refractivity contribution in [3.63, 3.8) is 0 Å². The summed E-state index contributed by atoms with van der Waals surface area (Å²) in [6.07, 6.45) is 6.08. The Morgan fingerprint density at radius 1 is 1.26 bits per heavy atom. The van der Waals surface area contributed by atoms with Crippen LogP contribution in [-0.4, -0.2) is 16.0 Å². The van der Waals surface area contributed by atoms with Gasteiger partial charge in [0.05, 0.1) is 10.9 Å². The predicted molar refractivity (Wildman–Crippen MR) is 81.5 cm³/mol. The van der Waals surface area contributed by atoms with E-state index in [0.29, 0.717) is 5.12 Å². The van der Waals surface area contributed by atoms with Gasteiger partial charge in [-0.3, -0.25) is 4.79 Å². The molecule has 1 atom stereocenters. The fourth-order valence-electron chi connectivity index (χ4n) is 3.46. The van der Waals surface area contributed by atoms with Crippen molar-refractivity contribution in [1.82, 2.24) is 0 Å². The highest BCUT2D eigenvalue weighted by Gasteiger charge is 2.50. The van der Waals surface area contributed by atoms with Gasteiger partial charge in [-0.05, 0) is 44.4 Å². The summed E-state index contributed by atoms with van der Waals surface area (Å²) in [6, 6.07) is 8.59. The number of benzene rings is 1. The van der Waals surface area contributed by atoms with Gasteiger partial charge < -0.3 is 4.90 Å². The minimum Gasteiger partial charge on any atom is -0.346 e. The van der Waals surface area contributed by atoms with Crippen LogP contribution in [-0.2, 0) is 4.79 Å². The van der Waals surface area contributed by atoms with Crippen LogP contribution in [0.3, 0.4) is 0 Å². The quantitative estimate of drug-likeness (QED) is 0.769. The monoisotopic (exact) mass is 275 g/mol. The van der Waals surface area contributed by atoms with Crippen molar-refractivity contribution in [2.45, 2.75) is 56.9 Å². The van der Waals surface area contributed by atoms with Crippen molar-refractivity contribution in [1.29, 1.82) is 0 Å². The van der Waals surface area contributed by atoms with Gasteiger partial charge in [0.1, 0.15) is 0 Å². The Balaban J connectivity index is 2.02. The highest BCUT2D eigenvalue weighted by atomic mass is 32.2. The Morgan fingerprint density at radius 3 is 2.68 bits per heavy atom. The Morgan fingerprint density at radius 2 is 2.00 bits per heavy atom. The van der Waals surface area contributed by atoms with Crippen LogP contribution in [0.5, 0.6) is 0 Å². The van der Waals surface area contributed by atoms with Crippen molar-refractivity contribution in [3.8, 4) is 0 Å². The molecule has 0 unspecified atom stereocenters. The second kappa shape index (κ2) is 4.86. The summed E-state index contributed by atoms with van der Waals surface area (Å²) in [4.78, 5) is 14.7. The van der Waals surface area contributed by atoms with E-state index >= 15 is 0 Å². The maximum Gasteiger partial charge on any atom is 0.213 e. The summed E-state index contributed by atoms with van der Waals surface area (Å²) in [5.74, 6) is 0. The summed E-state index contributed by atoms with van der Waals surface area (Å²) < 4.78 is 0. The number of rotatable bonds is 1. The van der Waals surface area contributed by atoms with E-state index in [2.05, 4.69) is 43.0 Å².